The fraction of sp³-hybridized carbons (Fsp3) is 0.643. The van der Waals surface area contributed by atoms with Crippen molar-refractivity contribution in [2.24, 2.45) is 0 Å². The van der Waals surface area contributed by atoms with E-state index in [4.69, 9.17) is 0 Å². The second-order valence-electron chi connectivity index (χ2n) is 5.22. The fourth-order valence-electron chi connectivity index (χ4n) is 2.06. The molecular formula is C14H24N2OS. The second kappa shape index (κ2) is 5.85. The lowest BCUT2D eigenvalue weighted by molar-refractivity contribution is -0.127. The van der Waals surface area contributed by atoms with E-state index in [-0.39, 0.29) is 11.9 Å². The summed E-state index contributed by atoms with van der Waals surface area (Å²) in [7, 11) is 0. The maximum atomic E-state index is 12.2. The zero-order valence-corrected chi connectivity index (χ0v) is 13.0. The number of likely N-dealkylation sites (N-methyl/N-ethyl adjacent to an activating group) is 1. The minimum atomic E-state index is -0.526. The van der Waals surface area contributed by atoms with Crippen LogP contribution in [-0.2, 0) is 4.79 Å². The van der Waals surface area contributed by atoms with Gasteiger partial charge in [-0.25, -0.2) is 0 Å². The molecule has 2 N–H and O–H groups in total. The Balaban J connectivity index is 2.73. The Kier molecular flexibility index (Phi) is 4.93. The minimum absolute atomic E-state index is 0.0418. The monoisotopic (exact) mass is 268 g/mol. The van der Waals surface area contributed by atoms with Crippen LogP contribution in [0, 0.1) is 13.8 Å². The summed E-state index contributed by atoms with van der Waals surface area (Å²) >= 11 is 1.78. The molecule has 0 aliphatic heterocycles. The normalized spacial score (nSPS) is 13.4. The van der Waals surface area contributed by atoms with Gasteiger partial charge in [-0.3, -0.25) is 4.79 Å². The summed E-state index contributed by atoms with van der Waals surface area (Å²) in [5.74, 6) is 0.0418. The van der Waals surface area contributed by atoms with Gasteiger partial charge < -0.3 is 10.6 Å². The van der Waals surface area contributed by atoms with E-state index in [0.717, 1.165) is 6.54 Å². The van der Waals surface area contributed by atoms with E-state index < -0.39 is 5.54 Å². The summed E-state index contributed by atoms with van der Waals surface area (Å²) in [6, 6.07) is 2.21. The zero-order valence-electron chi connectivity index (χ0n) is 12.2. The molecule has 102 valence electrons. The Labute approximate surface area is 114 Å². The van der Waals surface area contributed by atoms with Gasteiger partial charge in [-0.2, -0.15) is 0 Å². The van der Waals surface area contributed by atoms with Gasteiger partial charge in [0.1, 0.15) is 0 Å². The van der Waals surface area contributed by atoms with Crippen molar-refractivity contribution < 1.29 is 4.79 Å². The fourth-order valence-corrected chi connectivity index (χ4v) is 3.08. The maximum Gasteiger partial charge on any atom is 0.240 e. The second-order valence-corrected chi connectivity index (χ2v) is 6.68. The minimum Gasteiger partial charge on any atom is -0.348 e. The van der Waals surface area contributed by atoms with Gasteiger partial charge in [0.15, 0.2) is 0 Å². The molecule has 3 nitrogen and oxygen atoms in total. The first-order valence-electron chi connectivity index (χ1n) is 6.41. The van der Waals surface area contributed by atoms with Crippen molar-refractivity contribution in [2.45, 2.75) is 53.1 Å². The van der Waals surface area contributed by atoms with Crippen LogP contribution >= 0.6 is 11.3 Å². The molecular weight excluding hydrogens is 244 g/mol. The molecule has 0 aromatic carbocycles. The van der Waals surface area contributed by atoms with Crippen molar-refractivity contribution in [3.8, 4) is 0 Å². The molecule has 0 spiro atoms. The molecule has 1 heterocycles. The number of rotatable bonds is 5. The van der Waals surface area contributed by atoms with Gasteiger partial charge in [0.05, 0.1) is 11.6 Å². The van der Waals surface area contributed by atoms with Gasteiger partial charge in [0, 0.05) is 9.75 Å². The van der Waals surface area contributed by atoms with Crippen molar-refractivity contribution in [3.05, 3.63) is 21.4 Å². The highest BCUT2D eigenvalue weighted by molar-refractivity contribution is 7.12. The smallest absolute Gasteiger partial charge is 0.240 e. The van der Waals surface area contributed by atoms with Crippen LogP contribution in [0.4, 0.5) is 0 Å². The van der Waals surface area contributed by atoms with Crippen molar-refractivity contribution in [1.82, 2.24) is 10.6 Å². The largest absolute Gasteiger partial charge is 0.348 e. The van der Waals surface area contributed by atoms with Gasteiger partial charge in [0.25, 0.3) is 0 Å². The highest BCUT2D eigenvalue weighted by atomic mass is 32.1. The highest BCUT2D eigenvalue weighted by Crippen LogP contribution is 2.26. The molecule has 0 aliphatic rings. The van der Waals surface area contributed by atoms with Crippen LogP contribution in [0.3, 0.4) is 0 Å². The molecule has 1 unspecified atom stereocenters. The number of carbonyl (C=O) groups excluding carboxylic acids is 1. The van der Waals surface area contributed by atoms with Crippen molar-refractivity contribution in [1.29, 1.82) is 0 Å². The number of nitrogens with one attached hydrogen (secondary N) is 2. The van der Waals surface area contributed by atoms with Gasteiger partial charge in [-0.15, -0.1) is 11.3 Å². The molecule has 18 heavy (non-hydrogen) atoms. The lowest BCUT2D eigenvalue weighted by Crippen LogP contribution is -2.52. The standard InChI is InChI=1S/C14H24N2OS/c1-7-15-14(5,6)13(17)16-10(3)12-8-9(2)18-11(12)4/h8,10,15H,7H2,1-6H3,(H,16,17). The molecule has 1 aromatic heterocycles. The Hall–Kier alpha value is -0.870. The molecule has 0 bridgehead atoms. The van der Waals surface area contributed by atoms with E-state index in [2.05, 4.69) is 30.5 Å². The Morgan fingerprint density at radius 1 is 1.44 bits per heavy atom. The summed E-state index contributed by atoms with van der Waals surface area (Å²) in [5.41, 5.74) is 0.695. The molecule has 0 radical (unpaired) electrons. The number of aryl methyl sites for hydroxylation is 2. The average molecular weight is 268 g/mol. The summed E-state index contributed by atoms with van der Waals surface area (Å²) in [5, 5.41) is 6.27. The SMILES string of the molecule is CCNC(C)(C)C(=O)NC(C)c1cc(C)sc1C. The molecule has 1 rings (SSSR count). The quantitative estimate of drug-likeness (QED) is 0.862. The van der Waals surface area contributed by atoms with Crippen LogP contribution < -0.4 is 10.6 Å². The van der Waals surface area contributed by atoms with E-state index in [1.165, 1.54) is 15.3 Å². The van der Waals surface area contributed by atoms with Gasteiger partial charge >= 0.3 is 0 Å². The number of carbonyl (C=O) groups is 1. The van der Waals surface area contributed by atoms with Gasteiger partial charge in [0.2, 0.25) is 5.91 Å². The summed E-state index contributed by atoms with van der Waals surface area (Å²) in [4.78, 5) is 14.8. The third kappa shape index (κ3) is 3.56. The Bertz CT molecular complexity index is 423. The van der Waals surface area contributed by atoms with E-state index in [1.807, 2.05) is 27.7 Å². The lowest BCUT2D eigenvalue weighted by atomic mass is 10.0. The summed E-state index contributed by atoms with van der Waals surface area (Å²) in [6.07, 6.45) is 0. The van der Waals surface area contributed by atoms with Gasteiger partial charge in [-0.05, 0) is 52.8 Å². The summed E-state index contributed by atoms with van der Waals surface area (Å²) in [6.45, 7) is 12.8. The number of thiophene rings is 1. The van der Waals surface area contributed by atoms with Crippen LogP contribution in [-0.4, -0.2) is 18.0 Å². The molecule has 0 saturated heterocycles. The number of amides is 1. The van der Waals surface area contributed by atoms with E-state index in [1.54, 1.807) is 11.3 Å². The molecule has 1 atom stereocenters. The van der Waals surface area contributed by atoms with Crippen molar-refractivity contribution >= 4 is 17.2 Å². The van der Waals surface area contributed by atoms with Crippen molar-refractivity contribution in [2.75, 3.05) is 6.54 Å². The molecule has 0 saturated carbocycles. The lowest BCUT2D eigenvalue weighted by Gasteiger charge is -2.26. The number of hydrogen-bond acceptors (Lipinski definition) is 3. The summed E-state index contributed by atoms with van der Waals surface area (Å²) < 4.78 is 0. The predicted octanol–water partition coefficient (Wildman–Crippen LogP) is 2.93. The molecule has 1 aromatic rings. The maximum absolute atomic E-state index is 12.2. The Morgan fingerprint density at radius 2 is 2.06 bits per heavy atom. The first-order chi connectivity index (χ1) is 8.27. The van der Waals surface area contributed by atoms with Crippen molar-refractivity contribution in [3.63, 3.8) is 0 Å². The third-order valence-corrected chi connectivity index (χ3v) is 4.06. The number of hydrogen-bond donors (Lipinski definition) is 2. The van der Waals surface area contributed by atoms with E-state index >= 15 is 0 Å². The molecule has 0 fully saturated rings. The molecule has 4 heteroatoms. The van der Waals surface area contributed by atoms with Gasteiger partial charge in [-0.1, -0.05) is 6.92 Å². The first kappa shape index (κ1) is 15.2. The zero-order chi connectivity index (χ0) is 13.9. The van der Waals surface area contributed by atoms with Crippen LogP contribution in [0.2, 0.25) is 0 Å². The van der Waals surface area contributed by atoms with Crippen LogP contribution in [0.1, 0.15) is 49.1 Å². The Morgan fingerprint density at radius 3 is 2.50 bits per heavy atom. The first-order valence-corrected chi connectivity index (χ1v) is 7.22. The van der Waals surface area contributed by atoms with Crippen LogP contribution in [0.25, 0.3) is 0 Å². The molecule has 1 amide bonds. The van der Waals surface area contributed by atoms with E-state index in [9.17, 15) is 4.79 Å². The molecule has 0 aliphatic carbocycles. The third-order valence-electron chi connectivity index (χ3n) is 3.08. The average Bonchev–Trinajstić information content (AvgIpc) is 2.57. The van der Waals surface area contributed by atoms with E-state index in [0.29, 0.717) is 0 Å². The topological polar surface area (TPSA) is 41.1 Å². The highest BCUT2D eigenvalue weighted by Gasteiger charge is 2.27. The predicted molar refractivity (Wildman–Crippen MR) is 78.1 cm³/mol. The van der Waals surface area contributed by atoms with Crippen LogP contribution in [0.5, 0.6) is 0 Å². The van der Waals surface area contributed by atoms with Crippen LogP contribution in [0.15, 0.2) is 6.07 Å².